The Bertz CT molecular complexity index is 755. The molecule has 0 aromatic heterocycles. The smallest absolute Gasteiger partial charge is 0.254 e. The highest BCUT2D eigenvalue weighted by atomic mass is 16.5. The number of ether oxygens (including phenoxy) is 2. The molecule has 4 rings (SSSR count). The first-order valence-corrected chi connectivity index (χ1v) is 11.6. The lowest BCUT2D eigenvalue weighted by Gasteiger charge is -2.39. The molecule has 0 unspecified atom stereocenters. The van der Waals surface area contributed by atoms with E-state index in [9.17, 15) is 9.59 Å². The van der Waals surface area contributed by atoms with Crippen molar-refractivity contribution < 1.29 is 19.1 Å². The summed E-state index contributed by atoms with van der Waals surface area (Å²) in [6.45, 7) is 5.43. The van der Waals surface area contributed by atoms with E-state index >= 15 is 0 Å². The largest absolute Gasteiger partial charge is 0.497 e. The predicted molar refractivity (Wildman–Crippen MR) is 119 cm³/mol. The molecule has 7 nitrogen and oxygen atoms in total. The van der Waals surface area contributed by atoms with E-state index in [2.05, 4.69) is 9.80 Å². The van der Waals surface area contributed by atoms with Crippen LogP contribution in [0.2, 0.25) is 0 Å². The molecule has 31 heavy (non-hydrogen) atoms. The molecule has 3 heterocycles. The Labute approximate surface area is 185 Å². The Kier molecular flexibility index (Phi) is 7.00. The van der Waals surface area contributed by atoms with Gasteiger partial charge in [-0.15, -0.1) is 0 Å². The van der Waals surface area contributed by atoms with Gasteiger partial charge in [-0.1, -0.05) is 0 Å². The maximum Gasteiger partial charge on any atom is 0.254 e. The Balaban J connectivity index is 1.28. The number of amides is 2. The van der Waals surface area contributed by atoms with Gasteiger partial charge in [-0.05, 0) is 63.7 Å². The fourth-order valence-corrected chi connectivity index (χ4v) is 5.26. The summed E-state index contributed by atoms with van der Waals surface area (Å²) in [6.07, 6.45) is 6.30. The topological polar surface area (TPSA) is 62.3 Å². The Morgan fingerprint density at radius 3 is 1.87 bits per heavy atom. The highest BCUT2D eigenvalue weighted by Crippen LogP contribution is 2.27. The van der Waals surface area contributed by atoms with Crippen molar-refractivity contribution in [2.45, 2.75) is 44.6 Å². The quantitative estimate of drug-likeness (QED) is 0.720. The van der Waals surface area contributed by atoms with Crippen molar-refractivity contribution in [2.75, 3.05) is 53.5 Å². The van der Waals surface area contributed by atoms with E-state index in [0.717, 1.165) is 38.8 Å². The van der Waals surface area contributed by atoms with Crippen LogP contribution in [-0.2, 0) is 4.79 Å². The monoisotopic (exact) mass is 429 g/mol. The number of likely N-dealkylation sites (tertiary alicyclic amines) is 3. The molecule has 0 saturated carbocycles. The number of piperidine rings is 2. The molecule has 170 valence electrons. The van der Waals surface area contributed by atoms with Gasteiger partial charge >= 0.3 is 0 Å². The van der Waals surface area contributed by atoms with E-state index in [1.807, 2.05) is 4.90 Å². The molecule has 7 heteroatoms. The van der Waals surface area contributed by atoms with E-state index in [0.29, 0.717) is 36.2 Å². The van der Waals surface area contributed by atoms with Crippen LogP contribution in [0.5, 0.6) is 11.5 Å². The molecular formula is C24H35N3O4. The Morgan fingerprint density at radius 1 is 0.774 bits per heavy atom. The molecule has 0 bridgehead atoms. The summed E-state index contributed by atoms with van der Waals surface area (Å²) in [6, 6.07) is 5.90. The SMILES string of the molecule is COc1cc(OC)cc(C(=O)N2CCC(C(=O)N3CCC(N4CCCC4)CC3)CC2)c1. The summed E-state index contributed by atoms with van der Waals surface area (Å²) in [5, 5.41) is 0. The average Bonchev–Trinajstić information content (AvgIpc) is 3.38. The number of carbonyl (C=O) groups is 2. The normalized spacial score (nSPS) is 21.4. The van der Waals surface area contributed by atoms with Gasteiger partial charge in [0.15, 0.2) is 0 Å². The summed E-state index contributed by atoms with van der Waals surface area (Å²) >= 11 is 0. The minimum atomic E-state index is -0.0328. The maximum atomic E-state index is 13.1. The zero-order chi connectivity index (χ0) is 21.8. The zero-order valence-electron chi connectivity index (χ0n) is 18.8. The van der Waals surface area contributed by atoms with Gasteiger partial charge in [-0.25, -0.2) is 0 Å². The third-order valence-electron chi connectivity index (χ3n) is 7.16. The lowest BCUT2D eigenvalue weighted by molar-refractivity contribution is -0.138. The molecule has 3 saturated heterocycles. The number of hydrogen-bond acceptors (Lipinski definition) is 5. The van der Waals surface area contributed by atoms with Crippen LogP contribution in [0.15, 0.2) is 18.2 Å². The summed E-state index contributed by atoms with van der Waals surface area (Å²) in [5.74, 6) is 1.49. The number of carbonyl (C=O) groups excluding carboxylic acids is 2. The minimum Gasteiger partial charge on any atom is -0.497 e. The molecule has 3 aliphatic heterocycles. The third-order valence-corrected chi connectivity index (χ3v) is 7.16. The van der Waals surface area contributed by atoms with Crippen molar-refractivity contribution in [1.82, 2.24) is 14.7 Å². The second-order valence-corrected chi connectivity index (χ2v) is 8.97. The van der Waals surface area contributed by atoms with Crippen molar-refractivity contribution >= 4 is 11.8 Å². The first-order chi connectivity index (χ1) is 15.1. The van der Waals surface area contributed by atoms with Crippen LogP contribution < -0.4 is 9.47 Å². The van der Waals surface area contributed by atoms with Crippen LogP contribution in [0, 0.1) is 5.92 Å². The molecule has 0 aliphatic carbocycles. The van der Waals surface area contributed by atoms with Crippen molar-refractivity contribution in [3.8, 4) is 11.5 Å². The number of hydrogen-bond donors (Lipinski definition) is 0. The van der Waals surface area contributed by atoms with Gasteiger partial charge < -0.3 is 24.2 Å². The van der Waals surface area contributed by atoms with Gasteiger partial charge in [-0.2, -0.15) is 0 Å². The van der Waals surface area contributed by atoms with Crippen molar-refractivity contribution in [3.63, 3.8) is 0 Å². The van der Waals surface area contributed by atoms with Gasteiger partial charge in [0.1, 0.15) is 11.5 Å². The first kappa shape index (κ1) is 21.9. The van der Waals surface area contributed by atoms with Gasteiger partial charge in [0, 0.05) is 49.8 Å². The summed E-state index contributed by atoms with van der Waals surface area (Å²) < 4.78 is 10.6. The van der Waals surface area contributed by atoms with E-state index in [4.69, 9.17) is 9.47 Å². The van der Waals surface area contributed by atoms with Crippen LogP contribution in [0.3, 0.4) is 0 Å². The molecule has 0 N–H and O–H groups in total. The van der Waals surface area contributed by atoms with Crippen LogP contribution in [-0.4, -0.2) is 86.0 Å². The van der Waals surface area contributed by atoms with Gasteiger partial charge in [0.2, 0.25) is 5.91 Å². The van der Waals surface area contributed by atoms with Crippen LogP contribution in [0.1, 0.15) is 48.9 Å². The van der Waals surface area contributed by atoms with E-state index in [1.165, 1.54) is 25.9 Å². The fourth-order valence-electron chi connectivity index (χ4n) is 5.26. The molecule has 1 aromatic rings. The van der Waals surface area contributed by atoms with Crippen molar-refractivity contribution in [1.29, 1.82) is 0 Å². The fraction of sp³-hybridized carbons (Fsp3) is 0.667. The predicted octanol–water partition coefficient (Wildman–Crippen LogP) is 2.64. The highest BCUT2D eigenvalue weighted by Gasteiger charge is 2.34. The number of methoxy groups -OCH3 is 2. The molecule has 0 radical (unpaired) electrons. The van der Waals surface area contributed by atoms with Crippen molar-refractivity contribution in [3.05, 3.63) is 23.8 Å². The number of rotatable bonds is 5. The maximum absolute atomic E-state index is 13.1. The molecule has 3 fully saturated rings. The number of benzene rings is 1. The highest BCUT2D eigenvalue weighted by molar-refractivity contribution is 5.95. The van der Waals surface area contributed by atoms with E-state index in [-0.39, 0.29) is 17.7 Å². The summed E-state index contributed by atoms with van der Waals surface area (Å²) in [4.78, 5) is 32.6. The lowest BCUT2D eigenvalue weighted by Crippen LogP contribution is -2.49. The lowest BCUT2D eigenvalue weighted by atomic mass is 9.93. The van der Waals surface area contributed by atoms with Gasteiger partial charge in [-0.3, -0.25) is 9.59 Å². The summed E-state index contributed by atoms with van der Waals surface area (Å²) in [5.41, 5.74) is 0.560. The molecule has 3 aliphatic rings. The molecule has 1 aromatic carbocycles. The Hall–Kier alpha value is -2.28. The van der Waals surface area contributed by atoms with Crippen LogP contribution in [0.25, 0.3) is 0 Å². The first-order valence-electron chi connectivity index (χ1n) is 11.6. The molecular weight excluding hydrogens is 394 g/mol. The number of nitrogens with zero attached hydrogens (tertiary/aromatic N) is 3. The van der Waals surface area contributed by atoms with Gasteiger partial charge in [0.05, 0.1) is 14.2 Å². The average molecular weight is 430 g/mol. The second-order valence-electron chi connectivity index (χ2n) is 8.97. The zero-order valence-corrected chi connectivity index (χ0v) is 18.8. The van der Waals surface area contributed by atoms with Gasteiger partial charge in [0.25, 0.3) is 5.91 Å². The van der Waals surface area contributed by atoms with E-state index in [1.54, 1.807) is 32.4 Å². The van der Waals surface area contributed by atoms with Crippen LogP contribution in [0.4, 0.5) is 0 Å². The molecule has 0 atom stereocenters. The van der Waals surface area contributed by atoms with E-state index < -0.39 is 0 Å². The molecule has 2 amide bonds. The van der Waals surface area contributed by atoms with Crippen LogP contribution >= 0.6 is 0 Å². The third kappa shape index (κ3) is 4.97. The molecule has 0 spiro atoms. The Morgan fingerprint density at radius 2 is 1.32 bits per heavy atom. The second kappa shape index (κ2) is 9.90. The minimum absolute atomic E-state index is 0.0328. The van der Waals surface area contributed by atoms with Crippen molar-refractivity contribution in [2.24, 2.45) is 5.92 Å². The summed E-state index contributed by atoms with van der Waals surface area (Å²) in [7, 11) is 3.15. The standard InChI is InChI=1S/C24H35N3O4/c1-30-21-15-19(16-22(17-21)31-2)24(29)26-11-5-18(6-12-26)23(28)27-13-7-20(8-14-27)25-9-3-4-10-25/h15-18,20H,3-14H2,1-2H3.